The highest BCUT2D eigenvalue weighted by atomic mass is 31.2. The zero-order chi connectivity index (χ0) is 68.9. The van der Waals surface area contributed by atoms with Crippen LogP contribution >= 0.6 is 15.6 Å². The van der Waals surface area contributed by atoms with Crippen LogP contribution in [0.25, 0.3) is 0 Å². The van der Waals surface area contributed by atoms with Gasteiger partial charge < -0.3 is 33.8 Å². The van der Waals surface area contributed by atoms with Gasteiger partial charge in [-0.1, -0.05) is 319 Å². The Bertz CT molecular complexity index is 1840. The highest BCUT2D eigenvalue weighted by molar-refractivity contribution is 7.47. The molecule has 3 N–H and O–H groups in total. The minimum atomic E-state index is -4.96. The lowest BCUT2D eigenvalue weighted by Gasteiger charge is -2.21. The standard InChI is InChI=1S/C74H144O17P2/c1-9-66(7)52-44-36-28-21-18-19-23-31-41-49-57-74(79)90-69(60-84-71(76)54-46-38-29-25-24-27-35-43-51-65(5)6)62-88-92(80,81)86-58-68(75)59-87-93(82,83)89-63-70(61-85-72(77)55-47-39-33-32-37-45-53-67(8)10-2)91-73(78)56-48-40-30-22-17-15-13-11-12-14-16-20-26-34-42-50-64(3)4/h64-70,75H,9-63H2,1-8H3,(H,80,81)(H,82,83)/t66?,67?,68-,69-,70-/m1/s1. The van der Waals surface area contributed by atoms with Crippen LogP contribution in [0, 0.1) is 23.7 Å². The SMILES string of the molecule is CCC(C)CCCCCCCCCCCCC(=O)O[C@H](COC(=O)CCCCCCCCCCC(C)C)COP(=O)(O)OC[C@@H](O)COP(=O)(O)OC[C@@H](COC(=O)CCCCCCCCC(C)CC)OC(=O)CCCCCCCCCCCCCCCCCC(C)C. The Morgan fingerprint density at radius 1 is 0.301 bits per heavy atom. The Labute approximate surface area is 568 Å². The molecule has 0 aliphatic carbocycles. The molecule has 0 bridgehead atoms. The second kappa shape index (κ2) is 63.5. The fraction of sp³-hybridized carbons (Fsp3) is 0.946. The van der Waals surface area contributed by atoms with Crippen molar-refractivity contribution >= 4 is 39.5 Å². The molecule has 0 aliphatic heterocycles. The maximum Gasteiger partial charge on any atom is 0.472 e. The van der Waals surface area contributed by atoms with E-state index in [9.17, 15) is 43.2 Å². The van der Waals surface area contributed by atoms with Gasteiger partial charge in [-0.3, -0.25) is 37.3 Å². The number of aliphatic hydroxyl groups excluding tert-OH is 1. The predicted octanol–water partition coefficient (Wildman–Crippen LogP) is 21.3. The van der Waals surface area contributed by atoms with E-state index in [1.54, 1.807) is 0 Å². The first-order valence-electron chi connectivity index (χ1n) is 38.3. The summed E-state index contributed by atoms with van der Waals surface area (Å²) in [5, 5.41) is 10.6. The molecule has 7 atom stereocenters. The molecule has 0 saturated carbocycles. The van der Waals surface area contributed by atoms with Crippen molar-refractivity contribution in [1.82, 2.24) is 0 Å². The van der Waals surface area contributed by atoms with Gasteiger partial charge in [0.05, 0.1) is 26.4 Å². The fourth-order valence-electron chi connectivity index (χ4n) is 11.1. The van der Waals surface area contributed by atoms with E-state index >= 15 is 0 Å². The lowest BCUT2D eigenvalue weighted by molar-refractivity contribution is -0.161. The van der Waals surface area contributed by atoms with Crippen molar-refractivity contribution in [1.29, 1.82) is 0 Å². The van der Waals surface area contributed by atoms with Crippen LogP contribution in [0.4, 0.5) is 0 Å². The zero-order valence-electron chi connectivity index (χ0n) is 60.9. The Morgan fingerprint density at radius 2 is 0.516 bits per heavy atom. The van der Waals surface area contributed by atoms with E-state index in [2.05, 4.69) is 55.4 Å². The molecule has 0 amide bonds. The first-order valence-corrected chi connectivity index (χ1v) is 41.3. The van der Waals surface area contributed by atoms with Gasteiger partial charge in [0.15, 0.2) is 12.2 Å². The third-order valence-corrected chi connectivity index (χ3v) is 19.7. The van der Waals surface area contributed by atoms with Crippen LogP contribution < -0.4 is 0 Å². The zero-order valence-corrected chi connectivity index (χ0v) is 62.7. The van der Waals surface area contributed by atoms with Gasteiger partial charge in [0.25, 0.3) is 0 Å². The van der Waals surface area contributed by atoms with E-state index in [-0.39, 0.29) is 25.7 Å². The number of phosphoric ester groups is 2. The molecule has 19 heteroatoms. The summed E-state index contributed by atoms with van der Waals surface area (Å²) in [6.45, 7) is 14.2. The summed E-state index contributed by atoms with van der Waals surface area (Å²) in [5.74, 6) is 0.938. The lowest BCUT2D eigenvalue weighted by Crippen LogP contribution is -2.30. The van der Waals surface area contributed by atoms with Gasteiger partial charge in [0, 0.05) is 25.7 Å². The molecule has 0 radical (unpaired) electrons. The van der Waals surface area contributed by atoms with E-state index in [1.165, 1.54) is 167 Å². The number of esters is 4. The van der Waals surface area contributed by atoms with Crippen molar-refractivity contribution in [2.24, 2.45) is 23.7 Å². The molecule has 0 spiro atoms. The van der Waals surface area contributed by atoms with E-state index in [4.69, 9.17) is 37.0 Å². The quantitative estimate of drug-likeness (QED) is 0.0222. The Hall–Kier alpha value is -1.94. The molecular weight excluding hydrogens is 1220 g/mol. The largest absolute Gasteiger partial charge is 0.472 e. The summed E-state index contributed by atoms with van der Waals surface area (Å²) in [6.07, 6.45) is 47.2. The predicted molar refractivity (Wildman–Crippen MR) is 377 cm³/mol. The van der Waals surface area contributed by atoms with Crippen LogP contribution in [-0.2, 0) is 65.4 Å². The van der Waals surface area contributed by atoms with Crippen molar-refractivity contribution < 1.29 is 80.2 Å². The van der Waals surface area contributed by atoms with Gasteiger partial charge in [-0.2, -0.15) is 0 Å². The molecule has 0 aromatic carbocycles. The molecule has 17 nitrogen and oxygen atoms in total. The van der Waals surface area contributed by atoms with Crippen LogP contribution in [0.5, 0.6) is 0 Å². The Kier molecular flexibility index (Phi) is 62.2. The van der Waals surface area contributed by atoms with Gasteiger partial charge in [-0.05, 0) is 49.4 Å². The number of phosphoric acid groups is 2. The molecule has 0 fully saturated rings. The van der Waals surface area contributed by atoms with Crippen molar-refractivity contribution in [3.05, 3.63) is 0 Å². The smallest absolute Gasteiger partial charge is 0.462 e. The summed E-state index contributed by atoms with van der Waals surface area (Å²) < 4.78 is 68.4. The average Bonchev–Trinajstić information content (AvgIpc) is 1.93. The highest BCUT2D eigenvalue weighted by Gasteiger charge is 2.30. The second-order valence-corrected chi connectivity index (χ2v) is 31.0. The third-order valence-electron chi connectivity index (χ3n) is 17.8. The number of hydrogen-bond donors (Lipinski definition) is 3. The fourth-order valence-corrected chi connectivity index (χ4v) is 12.7. The molecular formula is C74H144O17P2. The Morgan fingerprint density at radius 3 is 0.763 bits per heavy atom. The first-order chi connectivity index (χ1) is 44.7. The minimum absolute atomic E-state index is 0.105. The van der Waals surface area contributed by atoms with Gasteiger partial charge >= 0.3 is 39.5 Å². The number of rotatable bonds is 71. The van der Waals surface area contributed by atoms with Gasteiger partial charge in [-0.15, -0.1) is 0 Å². The molecule has 4 unspecified atom stereocenters. The summed E-state index contributed by atoms with van der Waals surface area (Å²) in [7, 11) is -9.91. The molecule has 552 valence electrons. The topological polar surface area (TPSA) is 237 Å². The second-order valence-electron chi connectivity index (χ2n) is 28.1. The maximum absolute atomic E-state index is 13.0. The van der Waals surface area contributed by atoms with Crippen molar-refractivity contribution in [2.75, 3.05) is 39.6 Å². The Balaban J connectivity index is 5.24. The van der Waals surface area contributed by atoms with Crippen molar-refractivity contribution in [2.45, 2.75) is 388 Å². The molecule has 0 aliphatic rings. The van der Waals surface area contributed by atoms with Crippen LogP contribution in [-0.4, -0.2) is 96.7 Å². The van der Waals surface area contributed by atoms with Crippen molar-refractivity contribution in [3.8, 4) is 0 Å². The van der Waals surface area contributed by atoms with Crippen LogP contribution in [0.2, 0.25) is 0 Å². The highest BCUT2D eigenvalue weighted by Crippen LogP contribution is 2.45. The molecule has 0 saturated heterocycles. The van der Waals surface area contributed by atoms with Crippen LogP contribution in [0.15, 0.2) is 0 Å². The number of carbonyl (C=O) groups is 4. The third kappa shape index (κ3) is 65.8. The molecule has 0 rings (SSSR count). The van der Waals surface area contributed by atoms with E-state index < -0.39 is 97.5 Å². The summed E-state index contributed by atoms with van der Waals surface area (Å²) >= 11 is 0. The molecule has 0 aromatic heterocycles. The number of hydrogen-bond acceptors (Lipinski definition) is 15. The number of aliphatic hydroxyl groups is 1. The normalized spacial score (nSPS) is 14.8. The molecule has 0 aromatic rings. The van der Waals surface area contributed by atoms with Crippen molar-refractivity contribution in [3.63, 3.8) is 0 Å². The van der Waals surface area contributed by atoms with Gasteiger partial charge in [-0.25, -0.2) is 9.13 Å². The summed E-state index contributed by atoms with van der Waals surface area (Å²) in [4.78, 5) is 72.7. The average molecular weight is 1370 g/mol. The minimum Gasteiger partial charge on any atom is -0.462 e. The monoisotopic (exact) mass is 1370 g/mol. The van der Waals surface area contributed by atoms with Crippen LogP contribution in [0.1, 0.15) is 370 Å². The van der Waals surface area contributed by atoms with E-state index in [0.717, 1.165) is 120 Å². The summed E-state index contributed by atoms with van der Waals surface area (Å²) in [5.41, 5.74) is 0. The maximum atomic E-state index is 13.0. The number of carbonyl (C=O) groups excluding carboxylic acids is 4. The summed E-state index contributed by atoms with van der Waals surface area (Å²) in [6, 6.07) is 0. The molecule has 0 heterocycles. The number of unbranched alkanes of at least 4 members (excludes halogenated alkanes) is 35. The van der Waals surface area contributed by atoms with E-state index in [1.807, 2.05) is 0 Å². The molecule has 93 heavy (non-hydrogen) atoms. The van der Waals surface area contributed by atoms with Crippen LogP contribution in [0.3, 0.4) is 0 Å². The first kappa shape index (κ1) is 91.1. The van der Waals surface area contributed by atoms with Gasteiger partial charge in [0.2, 0.25) is 0 Å². The van der Waals surface area contributed by atoms with E-state index in [0.29, 0.717) is 25.7 Å². The number of ether oxygens (including phenoxy) is 4. The van der Waals surface area contributed by atoms with Gasteiger partial charge in [0.1, 0.15) is 19.3 Å². The lowest BCUT2D eigenvalue weighted by atomic mass is 9.99.